The van der Waals surface area contributed by atoms with Crippen LogP contribution < -0.4 is 4.74 Å². The fourth-order valence-electron chi connectivity index (χ4n) is 1.84. The van der Waals surface area contributed by atoms with Crippen LogP contribution in [0, 0.1) is 12.7 Å². The number of aromatic nitrogens is 1. The number of rotatable bonds is 1. The van der Waals surface area contributed by atoms with Gasteiger partial charge in [0.25, 0.3) is 0 Å². The number of aryl methyl sites for hydroxylation is 1. The smallest absolute Gasteiger partial charge is 0.418 e. The molecule has 1 heterocycles. The van der Waals surface area contributed by atoms with Crippen LogP contribution in [0.3, 0.4) is 0 Å². The fraction of sp³-hybridized carbons (Fsp3) is 0.250. The molecule has 0 aliphatic rings. The highest BCUT2D eigenvalue weighted by molar-refractivity contribution is 5.91. The summed E-state index contributed by atoms with van der Waals surface area (Å²) in [6.45, 7) is 1.75. The molecule has 0 amide bonds. The predicted molar refractivity (Wildman–Crippen MR) is 61.0 cm³/mol. The first kappa shape index (κ1) is 11.4. The number of methoxy groups -OCH3 is 2. The number of hydrogen-bond donors (Lipinski definition) is 0. The highest BCUT2D eigenvalue weighted by Gasteiger charge is 2.15. The zero-order chi connectivity index (χ0) is 12.6. The average molecular weight is 237 g/mol. The molecule has 90 valence electrons. The minimum Gasteiger partial charge on any atom is -0.494 e. The number of carbonyl (C=O) groups excluding carboxylic acids is 1. The van der Waals surface area contributed by atoms with Crippen molar-refractivity contribution in [2.45, 2.75) is 6.92 Å². The van der Waals surface area contributed by atoms with Crippen molar-refractivity contribution in [2.75, 3.05) is 14.2 Å². The van der Waals surface area contributed by atoms with E-state index in [-0.39, 0.29) is 5.75 Å². The number of fused-ring (bicyclic) bond motifs is 1. The van der Waals surface area contributed by atoms with E-state index >= 15 is 0 Å². The molecule has 0 spiro atoms. The third-order valence-corrected chi connectivity index (χ3v) is 2.62. The number of benzene rings is 1. The van der Waals surface area contributed by atoms with Gasteiger partial charge >= 0.3 is 6.09 Å². The summed E-state index contributed by atoms with van der Waals surface area (Å²) in [5.74, 6) is -0.359. The molecule has 0 aliphatic carbocycles. The second-order valence-electron chi connectivity index (χ2n) is 3.64. The first-order valence-electron chi connectivity index (χ1n) is 5.02. The molecule has 0 bridgehead atoms. The number of nitrogens with zero attached hydrogens (tertiary/aromatic N) is 1. The third-order valence-electron chi connectivity index (χ3n) is 2.62. The van der Waals surface area contributed by atoms with E-state index in [1.54, 1.807) is 19.1 Å². The molecule has 0 saturated heterocycles. The van der Waals surface area contributed by atoms with Crippen LogP contribution in [0.1, 0.15) is 5.69 Å². The van der Waals surface area contributed by atoms with Crippen LogP contribution in [0.25, 0.3) is 10.9 Å². The average Bonchev–Trinajstić information content (AvgIpc) is 2.62. The Hall–Kier alpha value is -2.04. The first-order chi connectivity index (χ1) is 8.08. The third kappa shape index (κ3) is 1.73. The van der Waals surface area contributed by atoms with Gasteiger partial charge in [0, 0.05) is 17.1 Å². The summed E-state index contributed by atoms with van der Waals surface area (Å²) >= 11 is 0. The van der Waals surface area contributed by atoms with Crippen molar-refractivity contribution in [2.24, 2.45) is 0 Å². The van der Waals surface area contributed by atoms with Gasteiger partial charge < -0.3 is 9.47 Å². The van der Waals surface area contributed by atoms with Gasteiger partial charge in [0.1, 0.15) is 0 Å². The molecule has 1 aromatic carbocycles. The molecule has 0 atom stereocenters. The van der Waals surface area contributed by atoms with E-state index in [4.69, 9.17) is 4.74 Å². The first-order valence-corrected chi connectivity index (χ1v) is 5.02. The molecule has 1 aromatic heterocycles. The highest BCUT2D eigenvalue weighted by atomic mass is 19.1. The molecule has 2 rings (SSSR count). The molecule has 0 radical (unpaired) electrons. The van der Waals surface area contributed by atoms with Gasteiger partial charge in [-0.25, -0.2) is 13.8 Å². The maximum atomic E-state index is 13.6. The fourth-order valence-corrected chi connectivity index (χ4v) is 1.84. The maximum absolute atomic E-state index is 13.6. The van der Waals surface area contributed by atoms with E-state index < -0.39 is 11.9 Å². The molecule has 0 unspecified atom stereocenters. The maximum Gasteiger partial charge on any atom is 0.418 e. The van der Waals surface area contributed by atoms with Gasteiger partial charge in [-0.2, -0.15) is 0 Å². The Bertz CT molecular complexity index is 589. The van der Waals surface area contributed by atoms with Crippen molar-refractivity contribution < 1.29 is 18.7 Å². The summed E-state index contributed by atoms with van der Waals surface area (Å²) in [4.78, 5) is 11.6. The van der Waals surface area contributed by atoms with Crippen LogP contribution in [0.4, 0.5) is 9.18 Å². The minimum absolute atomic E-state index is 0.152. The number of hydrogen-bond acceptors (Lipinski definition) is 3. The Morgan fingerprint density at radius 1 is 1.29 bits per heavy atom. The van der Waals surface area contributed by atoms with Crippen molar-refractivity contribution in [3.05, 3.63) is 29.7 Å². The monoisotopic (exact) mass is 237 g/mol. The summed E-state index contributed by atoms with van der Waals surface area (Å²) < 4.78 is 24.4. The lowest BCUT2D eigenvalue weighted by atomic mass is 10.2. The Labute approximate surface area is 97.5 Å². The zero-order valence-corrected chi connectivity index (χ0v) is 9.78. The lowest BCUT2D eigenvalue weighted by molar-refractivity contribution is 0.173. The molecular formula is C12H12FNO3. The standard InChI is InChI=1S/C12H12FNO3/c1-7-4-8-5-11(16-2)9(13)6-10(8)14(7)12(15)17-3/h4-6H,1-3H3. The molecule has 0 aliphatic heterocycles. The van der Waals surface area contributed by atoms with E-state index in [0.29, 0.717) is 11.2 Å². The Kier molecular flexibility index (Phi) is 2.75. The molecular weight excluding hydrogens is 225 g/mol. The summed E-state index contributed by atoms with van der Waals surface area (Å²) in [7, 11) is 2.68. The van der Waals surface area contributed by atoms with Gasteiger partial charge in [-0.1, -0.05) is 0 Å². The number of halogens is 1. The van der Waals surface area contributed by atoms with Crippen molar-refractivity contribution in [3.63, 3.8) is 0 Å². The van der Waals surface area contributed by atoms with Gasteiger partial charge in [0.15, 0.2) is 11.6 Å². The summed E-state index contributed by atoms with van der Waals surface area (Å²) in [5.41, 5.74) is 1.15. The van der Waals surface area contributed by atoms with E-state index in [1.807, 2.05) is 0 Å². The molecule has 0 N–H and O–H groups in total. The van der Waals surface area contributed by atoms with Gasteiger partial charge in [-0.3, -0.25) is 0 Å². The molecule has 2 aromatic rings. The van der Waals surface area contributed by atoms with Crippen LogP contribution in [0.2, 0.25) is 0 Å². The van der Waals surface area contributed by atoms with E-state index in [1.165, 1.54) is 24.9 Å². The van der Waals surface area contributed by atoms with Gasteiger partial charge in [-0.15, -0.1) is 0 Å². The largest absolute Gasteiger partial charge is 0.494 e. The van der Waals surface area contributed by atoms with E-state index in [2.05, 4.69) is 4.74 Å². The summed E-state index contributed by atoms with van der Waals surface area (Å²) in [6.07, 6.45) is -0.540. The highest BCUT2D eigenvalue weighted by Crippen LogP contribution is 2.27. The summed E-state index contributed by atoms with van der Waals surface area (Å²) in [5, 5.41) is 0.728. The topological polar surface area (TPSA) is 40.5 Å². The number of carbonyl (C=O) groups is 1. The molecule has 0 saturated carbocycles. The van der Waals surface area contributed by atoms with Crippen LogP contribution in [0.5, 0.6) is 5.75 Å². The summed E-state index contributed by atoms with van der Waals surface area (Å²) in [6, 6.07) is 4.59. The van der Waals surface area contributed by atoms with Crippen LogP contribution in [0.15, 0.2) is 18.2 Å². The predicted octanol–water partition coefficient (Wildman–Crippen LogP) is 2.71. The van der Waals surface area contributed by atoms with Gasteiger partial charge in [0.2, 0.25) is 0 Å². The Balaban J connectivity index is 2.74. The zero-order valence-electron chi connectivity index (χ0n) is 9.78. The second kappa shape index (κ2) is 4.08. The van der Waals surface area contributed by atoms with Crippen molar-refractivity contribution in [1.82, 2.24) is 4.57 Å². The lowest BCUT2D eigenvalue weighted by Gasteiger charge is -2.06. The van der Waals surface area contributed by atoms with Crippen LogP contribution in [-0.4, -0.2) is 24.9 Å². The quantitative estimate of drug-likeness (QED) is 0.765. The molecule has 17 heavy (non-hydrogen) atoms. The molecule has 0 fully saturated rings. The number of ether oxygens (including phenoxy) is 2. The molecule has 5 heteroatoms. The van der Waals surface area contributed by atoms with Crippen molar-refractivity contribution in [1.29, 1.82) is 0 Å². The van der Waals surface area contributed by atoms with Crippen molar-refractivity contribution in [3.8, 4) is 5.75 Å². The van der Waals surface area contributed by atoms with Gasteiger partial charge in [0.05, 0.1) is 19.7 Å². The SMILES string of the molecule is COC(=O)n1c(C)cc2cc(OC)c(F)cc21. The minimum atomic E-state index is -0.540. The van der Waals surface area contributed by atoms with Gasteiger partial charge in [-0.05, 0) is 19.1 Å². The Morgan fingerprint density at radius 3 is 2.59 bits per heavy atom. The van der Waals surface area contributed by atoms with E-state index in [0.717, 1.165) is 5.39 Å². The van der Waals surface area contributed by atoms with Crippen molar-refractivity contribution >= 4 is 17.0 Å². The Morgan fingerprint density at radius 2 is 2.00 bits per heavy atom. The normalized spacial score (nSPS) is 10.6. The van der Waals surface area contributed by atoms with Crippen LogP contribution in [-0.2, 0) is 4.74 Å². The second-order valence-corrected chi connectivity index (χ2v) is 3.64. The molecule has 4 nitrogen and oxygen atoms in total. The lowest BCUT2D eigenvalue weighted by Crippen LogP contribution is -2.12. The van der Waals surface area contributed by atoms with E-state index in [9.17, 15) is 9.18 Å². The van der Waals surface area contributed by atoms with Crippen LogP contribution >= 0.6 is 0 Å².